The van der Waals surface area contributed by atoms with Gasteiger partial charge in [-0.25, -0.2) is 4.98 Å². The molecule has 1 aromatic heterocycles. The van der Waals surface area contributed by atoms with E-state index in [0.29, 0.717) is 28.0 Å². The van der Waals surface area contributed by atoms with Crippen LogP contribution in [-0.2, 0) is 11.2 Å². The van der Waals surface area contributed by atoms with E-state index in [0.717, 1.165) is 0 Å². The molecule has 3 N–H and O–H groups in total. The van der Waals surface area contributed by atoms with Crippen LogP contribution in [0.5, 0.6) is 11.5 Å². The van der Waals surface area contributed by atoms with Crippen molar-refractivity contribution in [3.05, 3.63) is 29.3 Å². The molecule has 0 aliphatic rings. The van der Waals surface area contributed by atoms with Gasteiger partial charge in [0, 0.05) is 11.4 Å². The number of thiazole rings is 1. The molecule has 0 aliphatic carbocycles. The van der Waals surface area contributed by atoms with Crippen LogP contribution in [0.1, 0.15) is 5.69 Å². The Bertz CT molecular complexity index is 613. The zero-order valence-corrected chi connectivity index (χ0v) is 12.0. The maximum Gasteiger partial charge on any atom is 0.230 e. The molecule has 0 saturated heterocycles. The molecule has 1 heterocycles. The molecule has 6 nitrogen and oxygen atoms in total. The maximum absolute atomic E-state index is 12.0. The van der Waals surface area contributed by atoms with Crippen molar-refractivity contribution < 1.29 is 14.3 Å². The number of anilines is 2. The van der Waals surface area contributed by atoms with Crippen molar-refractivity contribution in [3.8, 4) is 11.5 Å². The molecule has 0 spiro atoms. The van der Waals surface area contributed by atoms with Gasteiger partial charge in [-0.3, -0.25) is 4.79 Å². The highest BCUT2D eigenvalue weighted by molar-refractivity contribution is 7.13. The number of methoxy groups -OCH3 is 2. The van der Waals surface area contributed by atoms with Gasteiger partial charge in [0.05, 0.1) is 32.0 Å². The highest BCUT2D eigenvalue weighted by Gasteiger charge is 2.11. The third kappa shape index (κ3) is 3.39. The Morgan fingerprint density at radius 1 is 1.40 bits per heavy atom. The molecule has 0 aliphatic heterocycles. The molecule has 1 aromatic carbocycles. The number of nitrogens with two attached hydrogens (primary N) is 1. The third-order valence-corrected chi connectivity index (χ3v) is 3.31. The predicted octanol–water partition coefficient (Wildman–Crippen LogP) is 1.92. The van der Waals surface area contributed by atoms with Gasteiger partial charge >= 0.3 is 0 Å². The summed E-state index contributed by atoms with van der Waals surface area (Å²) in [6, 6.07) is 5.19. The van der Waals surface area contributed by atoms with Crippen LogP contribution >= 0.6 is 11.3 Å². The van der Waals surface area contributed by atoms with Crippen molar-refractivity contribution >= 4 is 28.1 Å². The smallest absolute Gasteiger partial charge is 0.230 e. The summed E-state index contributed by atoms with van der Waals surface area (Å²) in [5.74, 6) is 1.01. The molecule has 1 amide bonds. The quantitative estimate of drug-likeness (QED) is 0.879. The van der Waals surface area contributed by atoms with Gasteiger partial charge in [-0.15, -0.1) is 11.3 Å². The number of amides is 1. The number of nitrogens with zero attached hydrogens (tertiary/aromatic N) is 1. The normalized spacial score (nSPS) is 10.1. The highest BCUT2D eigenvalue weighted by atomic mass is 32.1. The van der Waals surface area contributed by atoms with Gasteiger partial charge in [-0.2, -0.15) is 0 Å². The number of carbonyl (C=O) groups is 1. The summed E-state index contributed by atoms with van der Waals surface area (Å²) in [6.45, 7) is 0. The van der Waals surface area contributed by atoms with Crippen LogP contribution < -0.4 is 20.5 Å². The van der Waals surface area contributed by atoms with Crippen LogP contribution in [-0.4, -0.2) is 25.1 Å². The highest BCUT2D eigenvalue weighted by Crippen LogP contribution is 2.29. The van der Waals surface area contributed by atoms with E-state index in [1.54, 1.807) is 37.8 Å². The lowest BCUT2D eigenvalue weighted by atomic mass is 10.2. The van der Waals surface area contributed by atoms with Crippen molar-refractivity contribution in [1.82, 2.24) is 4.98 Å². The Morgan fingerprint density at radius 3 is 2.80 bits per heavy atom. The van der Waals surface area contributed by atoms with E-state index >= 15 is 0 Å². The second-order valence-corrected chi connectivity index (χ2v) is 4.86. The molecule has 0 bridgehead atoms. The third-order valence-electron chi connectivity index (χ3n) is 2.59. The zero-order valence-electron chi connectivity index (χ0n) is 11.2. The Balaban J connectivity index is 2.10. The average Bonchev–Trinajstić information content (AvgIpc) is 2.83. The summed E-state index contributed by atoms with van der Waals surface area (Å²) in [4.78, 5) is 16.0. The number of hydrogen-bond donors (Lipinski definition) is 2. The van der Waals surface area contributed by atoms with E-state index in [9.17, 15) is 4.79 Å². The maximum atomic E-state index is 12.0. The van der Waals surface area contributed by atoms with Gasteiger partial charge in [-0.05, 0) is 12.1 Å². The molecule has 0 radical (unpaired) electrons. The minimum atomic E-state index is -0.193. The van der Waals surface area contributed by atoms with Crippen molar-refractivity contribution in [3.63, 3.8) is 0 Å². The fraction of sp³-hybridized carbons (Fsp3) is 0.231. The van der Waals surface area contributed by atoms with E-state index in [4.69, 9.17) is 15.2 Å². The lowest BCUT2D eigenvalue weighted by molar-refractivity contribution is -0.115. The summed E-state index contributed by atoms with van der Waals surface area (Å²) in [5, 5.41) is 4.99. The summed E-state index contributed by atoms with van der Waals surface area (Å²) < 4.78 is 10.3. The molecule has 0 unspecified atom stereocenters. The SMILES string of the molecule is COc1ccc(OC)c(NC(=O)Cc2csc(N)n2)c1. The Kier molecular flexibility index (Phi) is 4.41. The number of nitrogen functional groups attached to an aromatic ring is 1. The van der Waals surface area contributed by atoms with Gasteiger partial charge in [0.2, 0.25) is 5.91 Å². The number of nitrogens with one attached hydrogen (secondary N) is 1. The number of rotatable bonds is 5. The van der Waals surface area contributed by atoms with Gasteiger partial charge in [0.25, 0.3) is 0 Å². The molecule has 2 rings (SSSR count). The first-order chi connectivity index (χ1) is 9.62. The second-order valence-electron chi connectivity index (χ2n) is 3.97. The minimum absolute atomic E-state index is 0.161. The van der Waals surface area contributed by atoms with E-state index in [1.165, 1.54) is 11.3 Å². The second kappa shape index (κ2) is 6.25. The molecule has 106 valence electrons. The molecule has 2 aromatic rings. The van der Waals surface area contributed by atoms with Crippen molar-refractivity contribution in [2.45, 2.75) is 6.42 Å². The van der Waals surface area contributed by atoms with E-state index in [-0.39, 0.29) is 12.3 Å². The first-order valence-corrected chi connectivity index (χ1v) is 6.72. The van der Waals surface area contributed by atoms with Crippen LogP contribution in [0.3, 0.4) is 0 Å². The Hall–Kier alpha value is -2.28. The number of benzene rings is 1. The average molecular weight is 293 g/mol. The monoisotopic (exact) mass is 293 g/mol. The predicted molar refractivity (Wildman–Crippen MR) is 78.4 cm³/mol. The van der Waals surface area contributed by atoms with Gasteiger partial charge in [0.1, 0.15) is 11.5 Å². The largest absolute Gasteiger partial charge is 0.497 e. The Morgan fingerprint density at radius 2 is 2.20 bits per heavy atom. The summed E-state index contributed by atoms with van der Waals surface area (Å²) in [5.41, 5.74) is 6.73. The molecule has 0 atom stereocenters. The summed E-state index contributed by atoms with van der Waals surface area (Å²) >= 11 is 1.31. The number of carbonyl (C=O) groups excluding carboxylic acids is 1. The van der Waals surface area contributed by atoms with Gasteiger partial charge < -0.3 is 20.5 Å². The fourth-order valence-corrected chi connectivity index (χ4v) is 2.24. The van der Waals surface area contributed by atoms with Crippen LogP contribution in [0.4, 0.5) is 10.8 Å². The van der Waals surface area contributed by atoms with Crippen molar-refractivity contribution in [2.24, 2.45) is 0 Å². The molecule has 0 saturated carbocycles. The van der Waals surface area contributed by atoms with Crippen molar-refractivity contribution in [2.75, 3.05) is 25.3 Å². The van der Waals surface area contributed by atoms with E-state index in [2.05, 4.69) is 10.3 Å². The fourth-order valence-electron chi connectivity index (χ4n) is 1.67. The van der Waals surface area contributed by atoms with Crippen LogP contribution in [0.25, 0.3) is 0 Å². The summed E-state index contributed by atoms with van der Waals surface area (Å²) in [6.07, 6.45) is 0.161. The summed E-state index contributed by atoms with van der Waals surface area (Å²) in [7, 11) is 3.10. The van der Waals surface area contributed by atoms with Gasteiger partial charge in [-0.1, -0.05) is 0 Å². The Labute approximate surface area is 120 Å². The number of ether oxygens (including phenoxy) is 2. The van der Waals surface area contributed by atoms with Gasteiger partial charge in [0.15, 0.2) is 5.13 Å². The molecule has 0 fully saturated rings. The number of aromatic nitrogens is 1. The topological polar surface area (TPSA) is 86.5 Å². The lowest BCUT2D eigenvalue weighted by Crippen LogP contribution is -2.15. The molecule has 7 heteroatoms. The van der Waals surface area contributed by atoms with Crippen molar-refractivity contribution in [1.29, 1.82) is 0 Å². The standard InChI is InChI=1S/C13H15N3O3S/c1-18-9-3-4-11(19-2)10(6-9)16-12(17)5-8-7-20-13(14)15-8/h3-4,6-7H,5H2,1-2H3,(H2,14,15)(H,16,17). The van der Waals surface area contributed by atoms with Crippen LogP contribution in [0.2, 0.25) is 0 Å². The number of hydrogen-bond acceptors (Lipinski definition) is 6. The first-order valence-electron chi connectivity index (χ1n) is 5.84. The lowest BCUT2D eigenvalue weighted by Gasteiger charge is -2.11. The molecular formula is C13H15N3O3S. The first kappa shape index (κ1) is 14.1. The zero-order chi connectivity index (χ0) is 14.5. The molecular weight excluding hydrogens is 278 g/mol. The van der Waals surface area contributed by atoms with E-state index in [1.807, 2.05) is 0 Å². The molecule has 20 heavy (non-hydrogen) atoms. The van der Waals surface area contributed by atoms with Crippen LogP contribution in [0.15, 0.2) is 23.6 Å². The minimum Gasteiger partial charge on any atom is -0.497 e. The van der Waals surface area contributed by atoms with Crippen LogP contribution in [0, 0.1) is 0 Å². The van der Waals surface area contributed by atoms with E-state index < -0.39 is 0 Å².